The Kier molecular flexibility index (Phi) is 4.73. The number of carbonyl (C=O) groups is 1. The maximum atomic E-state index is 13.0. The molecular weight excluding hydrogens is 311 g/mol. The predicted molar refractivity (Wildman–Crippen MR) is 75.4 cm³/mol. The first-order chi connectivity index (χ1) is 10.7. The van der Waals surface area contributed by atoms with Crippen molar-refractivity contribution in [2.75, 3.05) is 11.9 Å². The summed E-state index contributed by atoms with van der Waals surface area (Å²) in [6.45, 7) is 2.73. The first-order valence-corrected chi connectivity index (χ1v) is 7.07. The Bertz CT molecular complexity index is 640. The lowest BCUT2D eigenvalue weighted by molar-refractivity contribution is -0.195. The maximum absolute atomic E-state index is 13.0. The van der Waals surface area contributed by atoms with Crippen molar-refractivity contribution in [1.82, 2.24) is 14.9 Å². The molecular formula is C14H16F3N5O. The van der Waals surface area contributed by atoms with Gasteiger partial charge in [0.15, 0.2) is 0 Å². The molecule has 2 atom stereocenters. The number of hydrogen-bond acceptors (Lipinski definition) is 5. The third kappa shape index (κ3) is 4.09. The summed E-state index contributed by atoms with van der Waals surface area (Å²) in [5.41, 5.74) is 0.749. The van der Waals surface area contributed by atoms with E-state index >= 15 is 0 Å². The summed E-state index contributed by atoms with van der Waals surface area (Å²) >= 11 is 0. The van der Waals surface area contributed by atoms with Gasteiger partial charge < -0.3 is 10.2 Å². The van der Waals surface area contributed by atoms with Crippen molar-refractivity contribution in [1.29, 1.82) is 5.26 Å². The number of nitrogens with one attached hydrogen (secondary N) is 1. The number of alkyl halides is 3. The van der Waals surface area contributed by atoms with Crippen LogP contribution < -0.4 is 5.32 Å². The summed E-state index contributed by atoms with van der Waals surface area (Å²) in [5.74, 6) is -0.442. The Labute approximate surface area is 131 Å². The molecule has 1 saturated heterocycles. The zero-order chi connectivity index (χ0) is 17.2. The molecule has 1 aromatic rings. The minimum absolute atomic E-state index is 0.0846. The van der Waals surface area contributed by atoms with Gasteiger partial charge >= 0.3 is 6.18 Å². The van der Waals surface area contributed by atoms with Gasteiger partial charge in [0.2, 0.25) is 11.9 Å². The first kappa shape index (κ1) is 17.0. The van der Waals surface area contributed by atoms with Crippen molar-refractivity contribution in [3.8, 4) is 6.07 Å². The van der Waals surface area contributed by atoms with Crippen LogP contribution in [0, 0.1) is 18.3 Å². The molecule has 1 fully saturated rings. The van der Waals surface area contributed by atoms with Gasteiger partial charge in [-0.2, -0.15) is 18.4 Å². The van der Waals surface area contributed by atoms with Crippen molar-refractivity contribution in [3.05, 3.63) is 17.5 Å². The van der Waals surface area contributed by atoms with E-state index in [0.29, 0.717) is 5.69 Å². The van der Waals surface area contributed by atoms with E-state index in [4.69, 9.17) is 5.26 Å². The zero-order valence-corrected chi connectivity index (χ0v) is 12.7. The molecule has 2 rings (SSSR count). The second-order valence-corrected chi connectivity index (χ2v) is 5.48. The summed E-state index contributed by atoms with van der Waals surface area (Å²) in [4.78, 5) is 20.4. The van der Waals surface area contributed by atoms with Crippen LogP contribution >= 0.6 is 0 Å². The van der Waals surface area contributed by atoms with E-state index in [1.54, 1.807) is 6.92 Å². The highest BCUT2D eigenvalue weighted by molar-refractivity contribution is 5.74. The molecule has 0 radical (unpaired) electrons. The monoisotopic (exact) mass is 327 g/mol. The van der Waals surface area contributed by atoms with Crippen LogP contribution in [-0.2, 0) is 4.79 Å². The van der Waals surface area contributed by atoms with Gasteiger partial charge in [-0.15, -0.1) is 0 Å². The van der Waals surface area contributed by atoms with Crippen LogP contribution in [-0.4, -0.2) is 45.6 Å². The number of nitrogens with zero attached hydrogens (tertiary/aromatic N) is 4. The van der Waals surface area contributed by atoms with Crippen LogP contribution in [0.2, 0.25) is 0 Å². The van der Waals surface area contributed by atoms with E-state index in [1.807, 2.05) is 6.07 Å². The van der Waals surface area contributed by atoms with Gasteiger partial charge in [-0.3, -0.25) is 4.79 Å². The molecule has 0 bridgehead atoms. The second kappa shape index (κ2) is 6.40. The summed E-state index contributed by atoms with van der Waals surface area (Å²) in [7, 11) is 0. The number of aromatic nitrogens is 2. The van der Waals surface area contributed by atoms with Gasteiger partial charge in [0.1, 0.15) is 17.8 Å². The van der Waals surface area contributed by atoms with Crippen molar-refractivity contribution >= 4 is 11.9 Å². The quantitative estimate of drug-likeness (QED) is 0.898. The molecule has 1 aliphatic rings. The zero-order valence-electron chi connectivity index (χ0n) is 12.7. The molecule has 1 aromatic heterocycles. The number of hydrogen-bond donors (Lipinski definition) is 1. The summed E-state index contributed by atoms with van der Waals surface area (Å²) in [6, 6.07) is 1.25. The van der Waals surface area contributed by atoms with Crippen LogP contribution in [0.4, 0.5) is 19.1 Å². The molecule has 2 heterocycles. The van der Waals surface area contributed by atoms with E-state index in [1.165, 1.54) is 6.07 Å². The van der Waals surface area contributed by atoms with Gasteiger partial charge in [-0.05, 0) is 25.8 Å². The molecule has 0 spiro atoms. The molecule has 0 saturated carbocycles. The number of likely N-dealkylation sites (tertiary alicyclic amines) is 1. The Morgan fingerprint density at radius 1 is 1.43 bits per heavy atom. The second-order valence-electron chi connectivity index (χ2n) is 5.48. The van der Waals surface area contributed by atoms with Gasteiger partial charge in [0.05, 0.1) is 0 Å². The van der Waals surface area contributed by atoms with Crippen molar-refractivity contribution in [2.24, 2.45) is 0 Å². The molecule has 1 amide bonds. The highest BCUT2D eigenvalue weighted by Gasteiger charge is 2.47. The topological polar surface area (TPSA) is 81.9 Å². The highest BCUT2D eigenvalue weighted by atomic mass is 19.4. The molecule has 0 aliphatic carbocycles. The standard InChI is InChI=1S/C14H16F3N5O/c1-8-5-11(6-18)21-13(19-8)20-10-3-4-12(14(15,16)17)22(7-10)9(2)23/h5,10,12H,3-4,7H2,1-2H3,(H,19,20,21). The molecule has 0 aromatic carbocycles. The lowest BCUT2D eigenvalue weighted by atomic mass is 9.97. The average molecular weight is 327 g/mol. The molecule has 124 valence electrons. The number of amides is 1. The average Bonchev–Trinajstić information content (AvgIpc) is 2.45. The minimum atomic E-state index is -4.44. The van der Waals surface area contributed by atoms with Crippen LogP contribution in [0.5, 0.6) is 0 Å². The third-order valence-corrected chi connectivity index (χ3v) is 3.67. The summed E-state index contributed by atoms with van der Waals surface area (Å²) in [5, 5.41) is 11.8. The Morgan fingerprint density at radius 2 is 2.13 bits per heavy atom. The van der Waals surface area contributed by atoms with Crippen molar-refractivity contribution in [3.63, 3.8) is 0 Å². The molecule has 23 heavy (non-hydrogen) atoms. The molecule has 2 unspecified atom stereocenters. The van der Waals surface area contributed by atoms with E-state index in [-0.39, 0.29) is 31.0 Å². The fourth-order valence-electron chi connectivity index (χ4n) is 2.65. The van der Waals surface area contributed by atoms with Gasteiger partial charge in [-0.1, -0.05) is 0 Å². The van der Waals surface area contributed by atoms with E-state index in [0.717, 1.165) is 11.8 Å². The van der Waals surface area contributed by atoms with Crippen LogP contribution in [0.3, 0.4) is 0 Å². The molecule has 1 aliphatic heterocycles. The predicted octanol–water partition coefficient (Wildman–Crippen LogP) is 2.01. The van der Waals surface area contributed by atoms with Gasteiger partial charge in [0.25, 0.3) is 0 Å². The summed E-state index contributed by atoms with van der Waals surface area (Å²) < 4.78 is 38.9. The number of anilines is 1. The number of rotatable bonds is 2. The normalized spacial score (nSPS) is 21.7. The first-order valence-electron chi connectivity index (χ1n) is 7.07. The molecule has 1 N–H and O–H groups in total. The van der Waals surface area contributed by atoms with Crippen molar-refractivity contribution < 1.29 is 18.0 Å². The fourth-order valence-corrected chi connectivity index (χ4v) is 2.65. The molecule has 9 heteroatoms. The Balaban J connectivity index is 2.13. The van der Waals surface area contributed by atoms with Crippen LogP contribution in [0.1, 0.15) is 31.2 Å². The lowest BCUT2D eigenvalue weighted by Gasteiger charge is -2.40. The fraction of sp³-hybridized carbons (Fsp3) is 0.571. The third-order valence-electron chi connectivity index (χ3n) is 3.67. The number of carbonyl (C=O) groups excluding carboxylic acids is 1. The van der Waals surface area contributed by atoms with E-state index in [9.17, 15) is 18.0 Å². The molecule has 6 nitrogen and oxygen atoms in total. The van der Waals surface area contributed by atoms with Gasteiger partial charge in [-0.25, -0.2) is 9.97 Å². The smallest absolute Gasteiger partial charge is 0.350 e. The van der Waals surface area contributed by atoms with Crippen LogP contribution in [0.25, 0.3) is 0 Å². The number of aryl methyl sites for hydroxylation is 1. The number of piperidine rings is 1. The number of halogens is 3. The Morgan fingerprint density at radius 3 is 2.70 bits per heavy atom. The highest BCUT2D eigenvalue weighted by Crippen LogP contribution is 2.32. The number of nitriles is 1. The Hall–Kier alpha value is -2.37. The van der Waals surface area contributed by atoms with E-state index < -0.39 is 24.2 Å². The maximum Gasteiger partial charge on any atom is 0.408 e. The largest absolute Gasteiger partial charge is 0.408 e. The van der Waals surface area contributed by atoms with E-state index in [2.05, 4.69) is 15.3 Å². The lowest BCUT2D eigenvalue weighted by Crippen LogP contribution is -2.55. The SMILES string of the molecule is CC(=O)N1CC(Nc2nc(C)cc(C#N)n2)CCC1C(F)(F)F. The van der Waals surface area contributed by atoms with Crippen molar-refractivity contribution in [2.45, 2.75) is 44.9 Å². The minimum Gasteiger partial charge on any atom is -0.350 e. The van der Waals surface area contributed by atoms with Gasteiger partial charge in [0, 0.05) is 25.2 Å². The van der Waals surface area contributed by atoms with Crippen LogP contribution in [0.15, 0.2) is 6.07 Å². The summed E-state index contributed by atoms with van der Waals surface area (Å²) in [6.07, 6.45) is -4.39.